The number of ether oxygens (including phenoxy) is 1. The molecule has 1 heterocycles. The smallest absolute Gasteiger partial charge is 0.252 e. The SMILES string of the molecule is CCNc1ncc(C(=O)NCCOC(C)C)cc1Cl. The van der Waals surface area contributed by atoms with E-state index in [0.29, 0.717) is 29.6 Å². The number of amides is 1. The minimum Gasteiger partial charge on any atom is -0.377 e. The zero-order valence-electron chi connectivity index (χ0n) is 11.5. The van der Waals surface area contributed by atoms with Gasteiger partial charge in [0, 0.05) is 19.3 Å². The molecule has 0 unspecified atom stereocenters. The van der Waals surface area contributed by atoms with E-state index < -0.39 is 0 Å². The molecule has 0 bridgehead atoms. The summed E-state index contributed by atoms with van der Waals surface area (Å²) >= 11 is 6.03. The van der Waals surface area contributed by atoms with Crippen molar-refractivity contribution in [1.82, 2.24) is 10.3 Å². The molecule has 0 aliphatic heterocycles. The first-order chi connectivity index (χ1) is 9.04. The number of hydrogen-bond donors (Lipinski definition) is 2. The molecular weight excluding hydrogens is 266 g/mol. The Labute approximate surface area is 118 Å². The molecule has 2 N–H and O–H groups in total. The summed E-state index contributed by atoms with van der Waals surface area (Å²) < 4.78 is 5.34. The summed E-state index contributed by atoms with van der Waals surface area (Å²) in [4.78, 5) is 15.9. The van der Waals surface area contributed by atoms with Gasteiger partial charge in [0.05, 0.1) is 23.3 Å². The lowest BCUT2D eigenvalue weighted by Crippen LogP contribution is -2.28. The van der Waals surface area contributed by atoms with Gasteiger partial charge in [-0.05, 0) is 26.8 Å². The topological polar surface area (TPSA) is 63.2 Å². The Morgan fingerprint density at radius 3 is 2.84 bits per heavy atom. The summed E-state index contributed by atoms with van der Waals surface area (Å²) in [6, 6.07) is 1.60. The van der Waals surface area contributed by atoms with E-state index in [4.69, 9.17) is 16.3 Å². The second kappa shape index (κ2) is 7.96. The lowest BCUT2D eigenvalue weighted by Gasteiger charge is -2.09. The van der Waals surface area contributed by atoms with E-state index in [1.807, 2.05) is 20.8 Å². The fourth-order valence-corrected chi connectivity index (χ4v) is 1.65. The first-order valence-corrected chi connectivity index (χ1v) is 6.71. The average Bonchev–Trinajstić information content (AvgIpc) is 2.36. The van der Waals surface area contributed by atoms with Crippen molar-refractivity contribution in [3.05, 3.63) is 22.8 Å². The molecule has 1 rings (SSSR count). The van der Waals surface area contributed by atoms with Crippen molar-refractivity contribution in [2.75, 3.05) is 25.0 Å². The number of rotatable bonds is 7. The predicted octanol–water partition coefficient (Wildman–Crippen LogP) is 2.32. The number of nitrogens with one attached hydrogen (secondary N) is 2. The summed E-state index contributed by atoms with van der Waals surface area (Å²) in [5, 5.41) is 6.20. The Balaban J connectivity index is 2.50. The van der Waals surface area contributed by atoms with E-state index in [-0.39, 0.29) is 12.0 Å². The number of aromatic nitrogens is 1. The zero-order chi connectivity index (χ0) is 14.3. The van der Waals surface area contributed by atoms with Crippen LogP contribution in [0.2, 0.25) is 5.02 Å². The highest BCUT2D eigenvalue weighted by molar-refractivity contribution is 6.33. The third kappa shape index (κ3) is 5.44. The monoisotopic (exact) mass is 285 g/mol. The lowest BCUT2D eigenvalue weighted by atomic mass is 10.2. The van der Waals surface area contributed by atoms with Crippen LogP contribution >= 0.6 is 11.6 Å². The van der Waals surface area contributed by atoms with Crippen LogP contribution in [0.5, 0.6) is 0 Å². The van der Waals surface area contributed by atoms with Gasteiger partial charge in [-0.2, -0.15) is 0 Å². The molecule has 1 aromatic rings. The standard InChI is InChI=1S/C13H20ClN3O2/c1-4-15-12-11(14)7-10(8-17-12)13(18)16-5-6-19-9(2)3/h7-9H,4-6H2,1-3H3,(H,15,17)(H,16,18). The van der Waals surface area contributed by atoms with Crippen LogP contribution in [0.1, 0.15) is 31.1 Å². The summed E-state index contributed by atoms with van der Waals surface area (Å²) in [7, 11) is 0. The van der Waals surface area contributed by atoms with E-state index in [1.165, 1.54) is 6.20 Å². The fraction of sp³-hybridized carbons (Fsp3) is 0.538. The van der Waals surface area contributed by atoms with E-state index in [9.17, 15) is 4.79 Å². The number of pyridine rings is 1. The number of hydrogen-bond acceptors (Lipinski definition) is 4. The van der Waals surface area contributed by atoms with Gasteiger partial charge < -0.3 is 15.4 Å². The molecule has 106 valence electrons. The second-order valence-corrected chi connectivity index (χ2v) is 4.67. The van der Waals surface area contributed by atoms with Gasteiger partial charge in [0.25, 0.3) is 5.91 Å². The van der Waals surface area contributed by atoms with E-state index in [0.717, 1.165) is 6.54 Å². The number of halogens is 1. The van der Waals surface area contributed by atoms with Crippen molar-refractivity contribution in [1.29, 1.82) is 0 Å². The molecule has 19 heavy (non-hydrogen) atoms. The summed E-state index contributed by atoms with van der Waals surface area (Å²) in [6.45, 7) is 7.53. The van der Waals surface area contributed by atoms with Crippen molar-refractivity contribution >= 4 is 23.3 Å². The molecule has 0 atom stereocenters. The Morgan fingerprint density at radius 2 is 2.26 bits per heavy atom. The molecule has 1 aromatic heterocycles. The Morgan fingerprint density at radius 1 is 1.53 bits per heavy atom. The summed E-state index contributed by atoms with van der Waals surface area (Å²) in [5.74, 6) is 0.383. The number of carbonyl (C=O) groups excluding carboxylic acids is 1. The highest BCUT2D eigenvalue weighted by Crippen LogP contribution is 2.19. The Hall–Kier alpha value is -1.33. The van der Waals surface area contributed by atoms with Gasteiger partial charge in [-0.3, -0.25) is 4.79 Å². The summed E-state index contributed by atoms with van der Waals surface area (Å²) in [5.41, 5.74) is 0.441. The summed E-state index contributed by atoms with van der Waals surface area (Å²) in [6.07, 6.45) is 1.66. The van der Waals surface area contributed by atoms with Crippen molar-refractivity contribution in [2.24, 2.45) is 0 Å². The molecule has 0 spiro atoms. The normalized spacial score (nSPS) is 10.6. The van der Waals surface area contributed by atoms with Crippen molar-refractivity contribution in [2.45, 2.75) is 26.9 Å². The van der Waals surface area contributed by atoms with Crippen LogP contribution in [-0.2, 0) is 4.74 Å². The molecule has 0 saturated heterocycles. The van der Waals surface area contributed by atoms with Crippen LogP contribution < -0.4 is 10.6 Å². The van der Waals surface area contributed by atoms with Gasteiger partial charge in [-0.1, -0.05) is 11.6 Å². The fourth-order valence-electron chi connectivity index (χ4n) is 1.42. The molecule has 5 nitrogen and oxygen atoms in total. The molecule has 0 fully saturated rings. The van der Waals surface area contributed by atoms with Gasteiger partial charge in [-0.15, -0.1) is 0 Å². The van der Waals surface area contributed by atoms with E-state index >= 15 is 0 Å². The van der Waals surface area contributed by atoms with Crippen LogP contribution in [0, 0.1) is 0 Å². The van der Waals surface area contributed by atoms with Crippen LogP contribution in [0.3, 0.4) is 0 Å². The maximum Gasteiger partial charge on any atom is 0.252 e. The number of nitrogens with zero attached hydrogens (tertiary/aromatic N) is 1. The van der Waals surface area contributed by atoms with Gasteiger partial charge in [0.2, 0.25) is 0 Å². The van der Waals surface area contributed by atoms with E-state index in [1.54, 1.807) is 6.07 Å². The van der Waals surface area contributed by atoms with Gasteiger partial charge >= 0.3 is 0 Å². The van der Waals surface area contributed by atoms with Crippen LogP contribution in [-0.4, -0.2) is 36.7 Å². The lowest BCUT2D eigenvalue weighted by molar-refractivity contribution is 0.0746. The quantitative estimate of drug-likeness (QED) is 0.755. The molecule has 6 heteroatoms. The zero-order valence-corrected chi connectivity index (χ0v) is 12.3. The highest BCUT2D eigenvalue weighted by Gasteiger charge is 2.09. The molecule has 0 aliphatic rings. The third-order valence-electron chi connectivity index (χ3n) is 2.29. The molecule has 0 aromatic carbocycles. The first kappa shape index (κ1) is 15.7. The number of carbonyl (C=O) groups is 1. The van der Waals surface area contributed by atoms with Crippen molar-refractivity contribution < 1.29 is 9.53 Å². The largest absolute Gasteiger partial charge is 0.377 e. The van der Waals surface area contributed by atoms with Gasteiger partial charge in [0.1, 0.15) is 5.82 Å². The Bertz CT molecular complexity index is 424. The molecule has 1 amide bonds. The molecule has 0 saturated carbocycles. The minimum atomic E-state index is -0.204. The maximum atomic E-state index is 11.8. The average molecular weight is 286 g/mol. The highest BCUT2D eigenvalue weighted by atomic mass is 35.5. The predicted molar refractivity (Wildman–Crippen MR) is 76.8 cm³/mol. The molecular formula is C13H20ClN3O2. The van der Waals surface area contributed by atoms with Crippen molar-refractivity contribution in [3.63, 3.8) is 0 Å². The van der Waals surface area contributed by atoms with E-state index in [2.05, 4.69) is 15.6 Å². The Kier molecular flexibility index (Phi) is 6.59. The third-order valence-corrected chi connectivity index (χ3v) is 2.57. The van der Waals surface area contributed by atoms with Crippen LogP contribution in [0.4, 0.5) is 5.82 Å². The van der Waals surface area contributed by atoms with Crippen molar-refractivity contribution in [3.8, 4) is 0 Å². The van der Waals surface area contributed by atoms with Crippen LogP contribution in [0.15, 0.2) is 12.3 Å². The van der Waals surface area contributed by atoms with Crippen LogP contribution in [0.25, 0.3) is 0 Å². The number of anilines is 1. The van der Waals surface area contributed by atoms with Gasteiger partial charge in [-0.25, -0.2) is 4.98 Å². The molecule has 0 aliphatic carbocycles. The second-order valence-electron chi connectivity index (χ2n) is 4.26. The first-order valence-electron chi connectivity index (χ1n) is 6.33. The van der Waals surface area contributed by atoms with Gasteiger partial charge in [0.15, 0.2) is 0 Å². The maximum absolute atomic E-state index is 11.8. The molecule has 0 radical (unpaired) electrons. The minimum absolute atomic E-state index is 0.160.